The highest BCUT2D eigenvalue weighted by Gasteiger charge is 2.28. The first kappa shape index (κ1) is 18.9. The van der Waals surface area contributed by atoms with Crippen LogP contribution in [0.3, 0.4) is 0 Å². The molecular weight excluding hydrogens is 366 g/mol. The van der Waals surface area contributed by atoms with Crippen molar-refractivity contribution in [2.45, 2.75) is 32.4 Å². The topological polar surface area (TPSA) is 75.6 Å². The maximum atomic E-state index is 11.3. The molecule has 0 radical (unpaired) electrons. The fraction of sp³-hybridized carbons (Fsp3) is 0.261. The monoisotopic (exact) mass is 389 g/mol. The molecule has 0 amide bonds. The van der Waals surface area contributed by atoms with Crippen LogP contribution in [0.25, 0.3) is 16.6 Å². The Morgan fingerprint density at radius 1 is 1.14 bits per heavy atom. The summed E-state index contributed by atoms with van der Waals surface area (Å²) in [5.74, 6) is -0.268. The lowest BCUT2D eigenvalue weighted by Crippen LogP contribution is -2.28. The van der Waals surface area contributed by atoms with E-state index in [9.17, 15) is 9.90 Å². The van der Waals surface area contributed by atoms with Gasteiger partial charge in [0.05, 0.1) is 22.9 Å². The highest BCUT2D eigenvalue weighted by atomic mass is 16.5. The number of hydrogen-bond donors (Lipinski definition) is 1. The molecule has 148 valence electrons. The van der Waals surface area contributed by atoms with Gasteiger partial charge < -0.3 is 14.7 Å². The lowest BCUT2D eigenvalue weighted by molar-refractivity contribution is 0.0697. The molecule has 29 heavy (non-hydrogen) atoms. The zero-order chi connectivity index (χ0) is 20.5. The van der Waals surface area contributed by atoms with E-state index in [0.717, 1.165) is 16.8 Å². The lowest BCUT2D eigenvalue weighted by atomic mass is 10.0. The fourth-order valence-corrected chi connectivity index (χ4v) is 3.37. The van der Waals surface area contributed by atoms with Crippen molar-refractivity contribution in [3.63, 3.8) is 0 Å². The molecule has 0 saturated heterocycles. The number of carboxylic acids is 1. The van der Waals surface area contributed by atoms with E-state index in [2.05, 4.69) is 26.0 Å². The number of ether oxygens (including phenoxy) is 1. The van der Waals surface area contributed by atoms with E-state index in [4.69, 9.17) is 14.7 Å². The van der Waals surface area contributed by atoms with Gasteiger partial charge in [0, 0.05) is 19.5 Å². The number of carbonyl (C=O) groups is 1. The van der Waals surface area contributed by atoms with Crippen LogP contribution in [0.2, 0.25) is 0 Å². The molecular formula is C23H23N3O3. The van der Waals surface area contributed by atoms with Crippen LogP contribution in [0, 0.1) is 0 Å². The van der Waals surface area contributed by atoms with Gasteiger partial charge in [-0.25, -0.2) is 14.8 Å². The van der Waals surface area contributed by atoms with Crippen LogP contribution >= 0.6 is 0 Å². The van der Waals surface area contributed by atoms with E-state index < -0.39 is 5.97 Å². The molecule has 0 aliphatic carbocycles. The van der Waals surface area contributed by atoms with E-state index in [-0.39, 0.29) is 17.7 Å². The van der Waals surface area contributed by atoms with Crippen LogP contribution in [0.4, 0.5) is 5.82 Å². The summed E-state index contributed by atoms with van der Waals surface area (Å²) in [7, 11) is 1.96. The summed E-state index contributed by atoms with van der Waals surface area (Å²) in [6, 6.07) is 15.2. The Hall–Kier alpha value is -3.41. The zero-order valence-corrected chi connectivity index (χ0v) is 16.7. The molecule has 0 saturated carbocycles. The largest absolute Gasteiger partial charge is 0.491 e. The van der Waals surface area contributed by atoms with Crippen molar-refractivity contribution in [3.05, 3.63) is 71.6 Å². The summed E-state index contributed by atoms with van der Waals surface area (Å²) in [5, 5.41) is 9.29. The number of rotatable bonds is 5. The van der Waals surface area contributed by atoms with Crippen molar-refractivity contribution < 1.29 is 14.6 Å². The predicted octanol–water partition coefficient (Wildman–Crippen LogP) is 4.68. The molecule has 6 nitrogen and oxygen atoms in total. The molecule has 2 heterocycles. The molecule has 0 spiro atoms. The van der Waals surface area contributed by atoms with Crippen LogP contribution in [-0.4, -0.2) is 34.1 Å². The van der Waals surface area contributed by atoms with Crippen molar-refractivity contribution in [3.8, 4) is 0 Å². The first-order chi connectivity index (χ1) is 13.9. The Morgan fingerprint density at radius 3 is 2.59 bits per heavy atom. The van der Waals surface area contributed by atoms with Crippen LogP contribution in [0.15, 0.2) is 54.8 Å². The van der Waals surface area contributed by atoms with Gasteiger partial charge in [-0.2, -0.15) is 0 Å². The third-order valence-electron chi connectivity index (χ3n) is 5.26. The van der Waals surface area contributed by atoms with Gasteiger partial charge in [-0.05, 0) is 43.2 Å². The van der Waals surface area contributed by atoms with Gasteiger partial charge in [-0.3, -0.25) is 0 Å². The molecule has 1 aromatic heterocycles. The zero-order valence-electron chi connectivity index (χ0n) is 16.7. The van der Waals surface area contributed by atoms with Gasteiger partial charge in [0.2, 0.25) is 0 Å². The maximum absolute atomic E-state index is 11.3. The van der Waals surface area contributed by atoms with Gasteiger partial charge in [0.15, 0.2) is 5.82 Å². The number of anilines is 1. The van der Waals surface area contributed by atoms with Crippen LogP contribution in [0.1, 0.15) is 48.0 Å². The smallest absolute Gasteiger partial charge is 0.335 e. The summed E-state index contributed by atoms with van der Waals surface area (Å²) in [4.78, 5) is 23.0. The van der Waals surface area contributed by atoms with Crippen LogP contribution in [-0.2, 0) is 4.74 Å². The number of aromatic carboxylic acids is 1. The molecule has 2 aromatic carbocycles. The van der Waals surface area contributed by atoms with Crippen molar-refractivity contribution in [1.82, 2.24) is 9.97 Å². The van der Waals surface area contributed by atoms with Crippen molar-refractivity contribution >= 4 is 28.4 Å². The normalized spacial score (nSPS) is 16.0. The highest BCUT2D eigenvalue weighted by Crippen LogP contribution is 2.39. The standard InChI is InChI=1S/C23H23N3O3/c1-14(2)26(3)22-21(20-12-17(13-29-20)15-7-5-4-6-8-15)24-18-10-9-16(23(27)28)11-19(18)25-22/h4-11,13-14,20H,12H2,1-3H3,(H,27,28). The summed E-state index contributed by atoms with van der Waals surface area (Å²) >= 11 is 0. The van der Waals surface area contributed by atoms with E-state index in [1.54, 1.807) is 24.5 Å². The molecule has 3 aromatic rings. The minimum absolute atomic E-state index is 0.197. The van der Waals surface area contributed by atoms with E-state index in [0.29, 0.717) is 23.3 Å². The average Bonchev–Trinajstić information content (AvgIpc) is 3.22. The number of carboxylic acid groups (broad SMARTS) is 1. The van der Waals surface area contributed by atoms with Gasteiger partial charge in [0.1, 0.15) is 11.8 Å². The Morgan fingerprint density at radius 2 is 1.90 bits per heavy atom. The fourth-order valence-electron chi connectivity index (χ4n) is 3.37. The number of benzene rings is 2. The molecule has 1 aliphatic rings. The number of fused-ring (bicyclic) bond motifs is 1. The maximum Gasteiger partial charge on any atom is 0.335 e. The quantitative estimate of drug-likeness (QED) is 0.683. The molecule has 1 atom stereocenters. The van der Waals surface area contributed by atoms with E-state index in [1.807, 2.05) is 30.1 Å². The third-order valence-corrected chi connectivity index (χ3v) is 5.26. The second-order valence-corrected chi connectivity index (χ2v) is 7.48. The first-order valence-corrected chi connectivity index (χ1v) is 9.62. The minimum atomic E-state index is -0.979. The minimum Gasteiger partial charge on any atom is -0.491 e. The van der Waals surface area contributed by atoms with Crippen molar-refractivity contribution in [1.29, 1.82) is 0 Å². The summed E-state index contributed by atoms with van der Waals surface area (Å²) < 4.78 is 6.00. The number of aromatic nitrogens is 2. The number of nitrogens with zero attached hydrogens (tertiary/aromatic N) is 3. The lowest BCUT2D eigenvalue weighted by Gasteiger charge is -2.26. The third kappa shape index (κ3) is 3.66. The van der Waals surface area contributed by atoms with Gasteiger partial charge in [-0.1, -0.05) is 30.3 Å². The Balaban J connectivity index is 1.75. The molecule has 1 N–H and O–H groups in total. The van der Waals surface area contributed by atoms with Gasteiger partial charge in [-0.15, -0.1) is 0 Å². The SMILES string of the molecule is CC(C)N(C)c1nc2cc(C(=O)O)ccc2nc1C1CC(c2ccccc2)=CO1. The van der Waals surface area contributed by atoms with Gasteiger partial charge in [0.25, 0.3) is 0 Å². The molecule has 0 fully saturated rings. The molecule has 1 unspecified atom stereocenters. The van der Waals surface area contributed by atoms with E-state index >= 15 is 0 Å². The summed E-state index contributed by atoms with van der Waals surface area (Å²) in [6.45, 7) is 4.15. The summed E-state index contributed by atoms with van der Waals surface area (Å²) in [6.07, 6.45) is 2.27. The second kappa shape index (κ2) is 7.54. The van der Waals surface area contributed by atoms with E-state index in [1.165, 1.54) is 0 Å². The molecule has 4 rings (SSSR count). The molecule has 0 bridgehead atoms. The Kier molecular flexibility index (Phi) is 4.92. The Labute approximate surface area is 169 Å². The van der Waals surface area contributed by atoms with Gasteiger partial charge >= 0.3 is 5.97 Å². The number of hydrogen-bond acceptors (Lipinski definition) is 5. The van der Waals surface area contributed by atoms with Crippen molar-refractivity contribution in [2.75, 3.05) is 11.9 Å². The molecule has 1 aliphatic heterocycles. The Bertz CT molecular complexity index is 1090. The molecule has 6 heteroatoms. The van der Waals surface area contributed by atoms with Crippen molar-refractivity contribution in [2.24, 2.45) is 0 Å². The highest BCUT2D eigenvalue weighted by molar-refractivity contribution is 5.92. The first-order valence-electron chi connectivity index (χ1n) is 9.62. The predicted molar refractivity (Wildman–Crippen MR) is 113 cm³/mol. The second-order valence-electron chi connectivity index (χ2n) is 7.48. The summed E-state index contributed by atoms with van der Waals surface area (Å²) in [5.41, 5.74) is 4.43. The average molecular weight is 389 g/mol. The van der Waals surface area contributed by atoms with Crippen LogP contribution in [0.5, 0.6) is 0 Å². The van der Waals surface area contributed by atoms with Crippen LogP contribution < -0.4 is 4.90 Å².